The van der Waals surface area contributed by atoms with Crippen LogP contribution in [-0.4, -0.2) is 34.3 Å². The van der Waals surface area contributed by atoms with Crippen LogP contribution in [0.2, 0.25) is 0 Å². The van der Waals surface area contributed by atoms with Gasteiger partial charge in [-0.05, 0) is 110 Å². The SMILES string of the molecule is COc1cc2c3cc(OC)c4cc(OC)c5ccc6ccc7ccccc7c6c5c4c3op(Oc3ccccc3NC(=O)CC[C@@H](C)c3ccccc3)oc2c2c1cc(OC)c1ccc3ccc4ccccc4c3c12. The minimum absolute atomic E-state index is 0.129. The molecule has 0 aliphatic rings. The summed E-state index contributed by atoms with van der Waals surface area (Å²) in [6.07, 6.45) is 0.983. The molecule has 368 valence electrons. The van der Waals surface area contributed by atoms with E-state index in [2.05, 4.69) is 121 Å². The van der Waals surface area contributed by atoms with Crippen LogP contribution in [0.4, 0.5) is 5.69 Å². The largest absolute Gasteiger partial charge is 0.496 e. The average molecular weight is 1000 g/mol. The zero-order valence-corrected chi connectivity index (χ0v) is 42.8. The van der Waals surface area contributed by atoms with Crippen LogP contribution in [-0.2, 0) is 4.79 Å². The smallest absolute Gasteiger partial charge is 0.453 e. The van der Waals surface area contributed by atoms with E-state index in [1.54, 1.807) is 28.4 Å². The Hall–Kier alpha value is -8.91. The molecule has 0 saturated heterocycles. The van der Waals surface area contributed by atoms with E-state index in [1.165, 1.54) is 5.56 Å². The summed E-state index contributed by atoms with van der Waals surface area (Å²) in [7, 11) is 4.37. The Morgan fingerprint density at radius 2 is 0.880 bits per heavy atom. The van der Waals surface area contributed by atoms with Crippen LogP contribution in [0, 0.1) is 0 Å². The van der Waals surface area contributed by atoms with E-state index in [4.69, 9.17) is 31.9 Å². The van der Waals surface area contributed by atoms with Gasteiger partial charge in [-0.1, -0.05) is 134 Å². The lowest BCUT2D eigenvalue weighted by molar-refractivity contribution is -0.116. The molecule has 0 spiro atoms. The summed E-state index contributed by atoms with van der Waals surface area (Å²) in [5.74, 6) is 3.03. The third-order valence-corrected chi connectivity index (χ3v) is 16.0. The molecular weight excluding hydrogens is 954 g/mol. The number of ether oxygens (including phenoxy) is 4. The van der Waals surface area contributed by atoms with Crippen molar-refractivity contribution in [2.45, 2.75) is 25.7 Å². The number of fused-ring (bicyclic) bond motifs is 19. The topological polar surface area (TPSA) is 102 Å². The molecule has 1 aromatic heterocycles. The molecule has 9 nitrogen and oxygen atoms in total. The van der Waals surface area contributed by atoms with Gasteiger partial charge in [0.1, 0.15) is 23.0 Å². The normalized spacial score (nSPS) is 12.2. The minimum atomic E-state index is -2.40. The Morgan fingerprint density at radius 1 is 0.440 bits per heavy atom. The number of hydrogen-bond acceptors (Lipinski definition) is 8. The molecule has 13 rings (SSSR count). The monoisotopic (exact) mass is 1000 g/mol. The molecule has 0 bridgehead atoms. The van der Waals surface area contributed by atoms with Crippen molar-refractivity contribution in [3.05, 3.63) is 181 Å². The number of rotatable bonds is 11. The Balaban J connectivity index is 1.18. The van der Waals surface area contributed by atoms with E-state index < -0.39 is 8.24 Å². The first-order valence-electron chi connectivity index (χ1n) is 25.0. The third-order valence-electron chi connectivity index (χ3n) is 15.0. The van der Waals surface area contributed by atoms with Gasteiger partial charge in [0.15, 0.2) is 16.9 Å². The summed E-state index contributed by atoms with van der Waals surface area (Å²) in [5, 5.41) is 19.8. The van der Waals surface area contributed by atoms with Gasteiger partial charge in [0.25, 0.3) is 0 Å². The van der Waals surface area contributed by atoms with Gasteiger partial charge < -0.3 is 37.2 Å². The second-order valence-corrected chi connectivity index (χ2v) is 20.0. The average Bonchev–Trinajstić information content (AvgIpc) is 3.66. The highest BCUT2D eigenvalue weighted by molar-refractivity contribution is 7.32. The fourth-order valence-corrected chi connectivity index (χ4v) is 12.5. The van der Waals surface area contributed by atoms with Crippen molar-refractivity contribution < 1.29 is 36.7 Å². The first-order chi connectivity index (χ1) is 36.8. The number of benzene rings is 12. The van der Waals surface area contributed by atoms with Crippen LogP contribution in [0.1, 0.15) is 31.2 Å². The molecule has 1 N–H and O–H groups in total. The highest BCUT2D eigenvalue weighted by Gasteiger charge is 2.26. The van der Waals surface area contributed by atoms with Crippen molar-refractivity contribution in [1.82, 2.24) is 0 Å². The molecule has 1 amide bonds. The predicted molar refractivity (Wildman–Crippen MR) is 308 cm³/mol. The molecule has 1 atom stereocenters. The molecule has 0 saturated carbocycles. The zero-order chi connectivity index (χ0) is 50.9. The zero-order valence-electron chi connectivity index (χ0n) is 41.9. The van der Waals surface area contributed by atoms with Gasteiger partial charge in [-0.25, -0.2) is 0 Å². The van der Waals surface area contributed by atoms with Crippen molar-refractivity contribution in [2.24, 2.45) is 0 Å². The maximum absolute atomic E-state index is 13.9. The van der Waals surface area contributed by atoms with E-state index in [0.29, 0.717) is 69.2 Å². The molecule has 1 heterocycles. The van der Waals surface area contributed by atoms with Crippen LogP contribution in [0.5, 0.6) is 28.7 Å². The molecule has 0 unspecified atom stereocenters. The molecule has 10 heteroatoms. The van der Waals surface area contributed by atoms with E-state index in [1.807, 2.05) is 66.7 Å². The summed E-state index contributed by atoms with van der Waals surface area (Å²) in [5.41, 5.74) is 2.73. The van der Waals surface area contributed by atoms with E-state index in [0.717, 1.165) is 86.2 Å². The number of methoxy groups -OCH3 is 4. The Labute approximate surface area is 432 Å². The lowest BCUT2D eigenvalue weighted by atomic mass is 9.90. The fraction of sp³-hybridized carbons (Fsp3) is 0.123. The summed E-state index contributed by atoms with van der Waals surface area (Å²) in [6.45, 7) is 2.15. The number of carbonyl (C=O) groups is 1. The van der Waals surface area contributed by atoms with Gasteiger partial charge in [-0.3, -0.25) is 4.79 Å². The molecular formula is C65H50NO8P. The molecule has 0 fully saturated rings. The number of amides is 1. The van der Waals surface area contributed by atoms with E-state index in [9.17, 15) is 4.79 Å². The molecule has 13 aromatic rings. The van der Waals surface area contributed by atoms with E-state index >= 15 is 0 Å². The lowest BCUT2D eigenvalue weighted by Crippen LogP contribution is -2.13. The van der Waals surface area contributed by atoms with Crippen molar-refractivity contribution in [2.75, 3.05) is 33.8 Å². The highest BCUT2D eigenvalue weighted by atomic mass is 31.1. The number of hydrogen-bond donors (Lipinski definition) is 1. The van der Waals surface area contributed by atoms with E-state index in [-0.39, 0.29) is 11.8 Å². The van der Waals surface area contributed by atoms with Gasteiger partial charge >= 0.3 is 8.24 Å². The second kappa shape index (κ2) is 18.5. The van der Waals surface area contributed by atoms with Crippen LogP contribution in [0.15, 0.2) is 184 Å². The van der Waals surface area contributed by atoms with Gasteiger partial charge in [0, 0.05) is 60.3 Å². The number of nitrogens with one attached hydrogen (secondary N) is 1. The third kappa shape index (κ3) is 7.56. The molecule has 0 aliphatic heterocycles. The summed E-state index contributed by atoms with van der Waals surface area (Å²) in [6, 6.07) is 59.8. The summed E-state index contributed by atoms with van der Waals surface area (Å²) >= 11 is 0. The molecule has 75 heavy (non-hydrogen) atoms. The second-order valence-electron chi connectivity index (χ2n) is 19.1. The minimum Gasteiger partial charge on any atom is -0.496 e. The summed E-state index contributed by atoms with van der Waals surface area (Å²) in [4.78, 5) is 13.9. The maximum atomic E-state index is 13.9. The number of para-hydroxylation sites is 2. The van der Waals surface area contributed by atoms with Crippen LogP contribution < -0.4 is 28.8 Å². The van der Waals surface area contributed by atoms with Gasteiger partial charge in [0.05, 0.1) is 34.1 Å². The number of carbonyl (C=O) groups excluding carboxylic acids is 1. The quantitative estimate of drug-likeness (QED) is 0.128. The van der Waals surface area contributed by atoms with Crippen molar-refractivity contribution in [1.29, 1.82) is 0 Å². The van der Waals surface area contributed by atoms with Gasteiger partial charge in [0.2, 0.25) is 5.91 Å². The Morgan fingerprint density at radius 3 is 1.41 bits per heavy atom. The maximum Gasteiger partial charge on any atom is 0.453 e. The van der Waals surface area contributed by atoms with Crippen molar-refractivity contribution in [3.8, 4) is 28.7 Å². The highest BCUT2D eigenvalue weighted by Crippen LogP contribution is 2.53. The van der Waals surface area contributed by atoms with Crippen molar-refractivity contribution >= 4 is 128 Å². The first-order valence-corrected chi connectivity index (χ1v) is 26.1. The fourth-order valence-electron chi connectivity index (χ4n) is 11.3. The first kappa shape index (κ1) is 45.9. The van der Waals surface area contributed by atoms with Gasteiger partial charge in [-0.15, -0.1) is 0 Å². The molecule has 12 aromatic carbocycles. The van der Waals surface area contributed by atoms with Crippen LogP contribution >= 0.6 is 8.24 Å². The lowest BCUT2D eigenvalue weighted by Gasteiger charge is -2.17. The van der Waals surface area contributed by atoms with Gasteiger partial charge in [-0.2, -0.15) is 0 Å². The Kier molecular flexibility index (Phi) is 11.3. The standard InChI is InChI=1S/C65H50NO8P/c1-37(38-15-7-6-8-16-38)23-32-57(67)66-51-21-13-14-22-52(51)72-75-73-64-47(33-55(70-4)49-35-53(68-2)45-30-28-41-26-24-39-17-9-11-19-43(39)58(41)60(45)62(49)64)48-34-56(71-5)50-36-54(69-3)46-31-29-42-27-25-40-18-10-12-20-44(40)59(42)61(46)63(50)65(48)74-75/h6-22,24-31,33-37H,23,32H2,1-5H3,(H,66,67)/t37-/m1/s1. The van der Waals surface area contributed by atoms with Crippen LogP contribution in [0.25, 0.3) is 108 Å². The molecule has 0 aliphatic carbocycles. The predicted octanol–water partition coefficient (Wildman–Crippen LogP) is 17.9. The van der Waals surface area contributed by atoms with Crippen LogP contribution in [0.3, 0.4) is 0 Å². The summed E-state index contributed by atoms with van der Waals surface area (Å²) < 4.78 is 47.3. The van der Waals surface area contributed by atoms with Crippen molar-refractivity contribution in [3.63, 3.8) is 0 Å². The molecule has 0 radical (unpaired) electrons. The number of anilines is 1. The Bertz CT molecular complexity index is 4300.